The Morgan fingerprint density at radius 1 is 1.45 bits per heavy atom. The van der Waals surface area contributed by atoms with E-state index in [0.717, 1.165) is 0 Å². The van der Waals surface area contributed by atoms with Crippen molar-refractivity contribution in [2.45, 2.75) is 38.3 Å². The average molecular weight is 307 g/mol. The van der Waals surface area contributed by atoms with Gasteiger partial charge in [-0.15, -0.1) is 0 Å². The summed E-state index contributed by atoms with van der Waals surface area (Å²) in [5, 5.41) is 20.0. The van der Waals surface area contributed by atoms with Gasteiger partial charge < -0.3 is 19.8 Å². The van der Waals surface area contributed by atoms with Crippen molar-refractivity contribution in [3.05, 3.63) is 35.4 Å². The summed E-state index contributed by atoms with van der Waals surface area (Å²) in [4.78, 5) is 24.2. The molecule has 1 saturated heterocycles. The van der Waals surface area contributed by atoms with Gasteiger partial charge in [0.1, 0.15) is 0 Å². The molecule has 6 nitrogen and oxygen atoms in total. The zero-order chi connectivity index (χ0) is 16.3. The number of carbonyl (C=O) groups excluding carboxylic acids is 1. The molecular weight excluding hydrogens is 286 g/mol. The van der Waals surface area contributed by atoms with E-state index >= 15 is 0 Å². The molecule has 1 aromatic carbocycles. The van der Waals surface area contributed by atoms with E-state index in [0.29, 0.717) is 24.0 Å². The normalized spacial score (nSPS) is 24.9. The van der Waals surface area contributed by atoms with Gasteiger partial charge in [-0.25, -0.2) is 9.59 Å². The Kier molecular flexibility index (Phi) is 4.71. The number of esters is 1. The molecule has 0 aromatic heterocycles. The van der Waals surface area contributed by atoms with Gasteiger partial charge in [0.05, 0.1) is 17.8 Å². The van der Waals surface area contributed by atoms with Crippen LogP contribution in [-0.2, 0) is 10.3 Å². The molecule has 2 rings (SSSR count). The van der Waals surface area contributed by atoms with Crippen molar-refractivity contribution in [2.24, 2.45) is 0 Å². The van der Waals surface area contributed by atoms with Gasteiger partial charge in [-0.1, -0.05) is 12.1 Å². The minimum absolute atomic E-state index is 0.261. The van der Waals surface area contributed by atoms with Crippen LogP contribution in [0.4, 0.5) is 4.79 Å². The molecule has 0 spiro atoms. The van der Waals surface area contributed by atoms with Gasteiger partial charge in [0, 0.05) is 19.0 Å². The maximum Gasteiger partial charge on any atom is 0.407 e. The van der Waals surface area contributed by atoms with Gasteiger partial charge in [-0.3, -0.25) is 0 Å². The van der Waals surface area contributed by atoms with Crippen LogP contribution in [0, 0.1) is 0 Å². The molecule has 0 bridgehead atoms. The predicted octanol–water partition coefficient (Wildman–Crippen LogP) is 2.21. The highest BCUT2D eigenvalue weighted by Crippen LogP contribution is 2.36. The summed E-state index contributed by atoms with van der Waals surface area (Å²) in [6, 6.07) is 6.43. The Morgan fingerprint density at radius 3 is 2.77 bits per heavy atom. The third-order valence-electron chi connectivity index (χ3n) is 4.09. The van der Waals surface area contributed by atoms with Crippen molar-refractivity contribution >= 4 is 12.1 Å². The van der Waals surface area contributed by atoms with E-state index in [9.17, 15) is 14.7 Å². The number of likely N-dealkylation sites (tertiary alicyclic amines) is 1. The molecule has 120 valence electrons. The summed E-state index contributed by atoms with van der Waals surface area (Å²) < 4.78 is 4.97. The van der Waals surface area contributed by atoms with E-state index in [2.05, 4.69) is 0 Å². The molecule has 0 radical (unpaired) electrons. The number of piperidine rings is 1. The molecule has 1 aliphatic rings. The van der Waals surface area contributed by atoms with Crippen LogP contribution in [0.1, 0.15) is 42.6 Å². The smallest absolute Gasteiger partial charge is 0.407 e. The first-order valence-electron chi connectivity index (χ1n) is 7.37. The highest BCUT2D eigenvalue weighted by Gasteiger charge is 2.39. The van der Waals surface area contributed by atoms with Crippen molar-refractivity contribution in [3.8, 4) is 0 Å². The number of benzene rings is 1. The first-order chi connectivity index (χ1) is 10.4. The standard InChI is InChI=1S/C16H21NO5/c1-3-22-14(18)12-5-4-6-13(9-12)16(21)7-8-17(15(19)20)11(2)10-16/h4-6,9,11,21H,3,7-8,10H2,1-2H3,(H,19,20). The predicted molar refractivity (Wildman–Crippen MR) is 79.7 cm³/mol. The molecule has 2 N–H and O–H groups in total. The first-order valence-corrected chi connectivity index (χ1v) is 7.37. The molecule has 2 atom stereocenters. The Morgan fingerprint density at radius 2 is 2.18 bits per heavy atom. The summed E-state index contributed by atoms with van der Waals surface area (Å²) >= 11 is 0. The molecule has 1 aliphatic heterocycles. The summed E-state index contributed by atoms with van der Waals surface area (Å²) in [6.45, 7) is 4.06. The van der Waals surface area contributed by atoms with Crippen LogP contribution in [0.15, 0.2) is 24.3 Å². The molecule has 2 unspecified atom stereocenters. The van der Waals surface area contributed by atoms with Crippen molar-refractivity contribution < 1.29 is 24.5 Å². The number of hydrogen-bond acceptors (Lipinski definition) is 4. The molecule has 1 heterocycles. The quantitative estimate of drug-likeness (QED) is 0.836. The van der Waals surface area contributed by atoms with Crippen molar-refractivity contribution in [3.63, 3.8) is 0 Å². The third kappa shape index (κ3) is 3.22. The van der Waals surface area contributed by atoms with Crippen LogP contribution in [0.5, 0.6) is 0 Å². The molecule has 0 aliphatic carbocycles. The maximum atomic E-state index is 11.8. The maximum absolute atomic E-state index is 11.8. The highest BCUT2D eigenvalue weighted by molar-refractivity contribution is 5.89. The van der Waals surface area contributed by atoms with Gasteiger partial charge in [-0.2, -0.15) is 0 Å². The highest BCUT2D eigenvalue weighted by atomic mass is 16.5. The number of carbonyl (C=O) groups is 2. The van der Waals surface area contributed by atoms with E-state index in [1.54, 1.807) is 38.1 Å². The minimum Gasteiger partial charge on any atom is -0.465 e. The van der Waals surface area contributed by atoms with Gasteiger partial charge in [0.15, 0.2) is 0 Å². The lowest BCUT2D eigenvalue weighted by Gasteiger charge is -2.41. The molecule has 1 fully saturated rings. The zero-order valence-electron chi connectivity index (χ0n) is 12.8. The zero-order valence-corrected chi connectivity index (χ0v) is 12.8. The van der Waals surface area contributed by atoms with E-state index in [-0.39, 0.29) is 19.2 Å². The average Bonchev–Trinajstić information content (AvgIpc) is 2.47. The topological polar surface area (TPSA) is 87.1 Å². The Labute approximate surface area is 129 Å². The summed E-state index contributed by atoms with van der Waals surface area (Å²) in [7, 11) is 0. The van der Waals surface area contributed by atoms with Crippen LogP contribution in [0.2, 0.25) is 0 Å². The summed E-state index contributed by atoms with van der Waals surface area (Å²) in [5.41, 5.74) is -0.121. The molecule has 6 heteroatoms. The van der Waals surface area contributed by atoms with Crippen LogP contribution in [-0.4, -0.2) is 46.4 Å². The SMILES string of the molecule is CCOC(=O)c1cccc(C2(O)CCN(C(=O)O)C(C)C2)c1. The number of amides is 1. The number of ether oxygens (including phenoxy) is 1. The fourth-order valence-corrected chi connectivity index (χ4v) is 2.92. The van der Waals surface area contributed by atoms with Gasteiger partial charge >= 0.3 is 12.1 Å². The fraction of sp³-hybridized carbons (Fsp3) is 0.500. The van der Waals surface area contributed by atoms with E-state index in [1.807, 2.05) is 0 Å². The molecular formula is C16H21NO5. The number of carboxylic acid groups (broad SMARTS) is 1. The van der Waals surface area contributed by atoms with Crippen LogP contribution in [0.25, 0.3) is 0 Å². The second-order valence-electron chi connectivity index (χ2n) is 5.61. The lowest BCUT2D eigenvalue weighted by Crippen LogP contribution is -2.49. The van der Waals surface area contributed by atoms with Crippen molar-refractivity contribution in [1.29, 1.82) is 0 Å². The number of aliphatic hydroxyl groups is 1. The fourth-order valence-electron chi connectivity index (χ4n) is 2.92. The van der Waals surface area contributed by atoms with Crippen molar-refractivity contribution in [1.82, 2.24) is 4.90 Å². The van der Waals surface area contributed by atoms with Gasteiger partial charge in [-0.05, 0) is 38.0 Å². The molecule has 1 amide bonds. The monoisotopic (exact) mass is 307 g/mol. The van der Waals surface area contributed by atoms with E-state index in [1.165, 1.54) is 4.90 Å². The number of hydrogen-bond donors (Lipinski definition) is 2. The largest absolute Gasteiger partial charge is 0.465 e. The lowest BCUT2D eigenvalue weighted by atomic mass is 9.81. The summed E-state index contributed by atoms with van der Waals surface area (Å²) in [6.07, 6.45) is -0.378. The third-order valence-corrected chi connectivity index (χ3v) is 4.09. The number of rotatable bonds is 3. The number of nitrogens with zero attached hydrogens (tertiary/aromatic N) is 1. The van der Waals surface area contributed by atoms with E-state index < -0.39 is 17.7 Å². The molecule has 22 heavy (non-hydrogen) atoms. The van der Waals surface area contributed by atoms with Crippen molar-refractivity contribution in [2.75, 3.05) is 13.2 Å². The molecule has 0 saturated carbocycles. The second-order valence-corrected chi connectivity index (χ2v) is 5.61. The molecule has 1 aromatic rings. The Hall–Kier alpha value is -2.08. The van der Waals surface area contributed by atoms with Crippen LogP contribution >= 0.6 is 0 Å². The van der Waals surface area contributed by atoms with Crippen LogP contribution in [0.3, 0.4) is 0 Å². The van der Waals surface area contributed by atoms with E-state index in [4.69, 9.17) is 9.84 Å². The minimum atomic E-state index is -1.13. The first kappa shape index (κ1) is 16.3. The van der Waals surface area contributed by atoms with Crippen LogP contribution < -0.4 is 0 Å². The van der Waals surface area contributed by atoms with Gasteiger partial charge in [0.2, 0.25) is 0 Å². The lowest BCUT2D eigenvalue weighted by molar-refractivity contribution is -0.0411. The summed E-state index contributed by atoms with van der Waals surface area (Å²) in [5.74, 6) is -0.427. The Bertz CT molecular complexity index is 573. The van der Waals surface area contributed by atoms with Gasteiger partial charge in [0.25, 0.3) is 0 Å². The Balaban J connectivity index is 2.22. The second kappa shape index (κ2) is 6.36.